The number of unbranched alkanes of at least 4 members (excludes halogenated alkanes) is 48. The first kappa shape index (κ1) is 84.2. The molecule has 0 radical (unpaired) electrons. The average Bonchev–Trinajstić information content (AvgIpc) is 3.56. The lowest BCUT2D eigenvalue weighted by Crippen LogP contribution is -2.40. The maximum absolute atomic E-state index is 13.0. The van der Waals surface area contributed by atoms with Crippen LogP contribution in [0.25, 0.3) is 0 Å². The van der Waals surface area contributed by atoms with E-state index in [9.17, 15) is 19.5 Å². The lowest BCUT2D eigenvalue weighted by Gasteiger charge is -2.25. The number of quaternary nitrogens is 1. The van der Waals surface area contributed by atoms with Crippen molar-refractivity contribution in [2.24, 2.45) is 0 Å². The summed E-state index contributed by atoms with van der Waals surface area (Å²) in [6.45, 7) is 4.93. The number of ether oxygens (including phenoxy) is 4. The molecule has 9 nitrogen and oxygen atoms in total. The molecule has 0 saturated heterocycles. The number of aliphatic carboxylic acids is 1. The van der Waals surface area contributed by atoms with Crippen molar-refractivity contribution in [2.75, 3.05) is 47.5 Å². The highest BCUT2D eigenvalue weighted by atomic mass is 16.7. The van der Waals surface area contributed by atoms with Crippen molar-refractivity contribution in [3.05, 3.63) is 48.6 Å². The van der Waals surface area contributed by atoms with Crippen LogP contribution in [0.5, 0.6) is 0 Å². The number of allylic oxidation sites excluding steroid dienone is 8. The maximum atomic E-state index is 13.0. The lowest BCUT2D eigenvalue weighted by molar-refractivity contribution is -0.870. The topological polar surface area (TPSA) is 108 Å². The molecule has 0 amide bonds. The molecule has 1 N–H and O–H groups in total. The summed E-state index contributed by atoms with van der Waals surface area (Å²) in [5.41, 5.74) is 0. The van der Waals surface area contributed by atoms with Crippen LogP contribution in [-0.2, 0) is 33.3 Å². The molecule has 9 heteroatoms. The summed E-state index contributed by atoms with van der Waals surface area (Å²) in [7, 11) is 5.99. The Hall–Kier alpha value is -2.75. The van der Waals surface area contributed by atoms with Gasteiger partial charge in [0.25, 0.3) is 6.29 Å². The van der Waals surface area contributed by atoms with Crippen LogP contribution < -0.4 is 0 Å². The molecule has 510 valence electrons. The number of carbonyl (C=O) groups excluding carboxylic acids is 2. The second-order valence-corrected chi connectivity index (χ2v) is 27.0. The zero-order valence-electron chi connectivity index (χ0n) is 58.5. The van der Waals surface area contributed by atoms with E-state index < -0.39 is 18.4 Å². The first-order chi connectivity index (χ1) is 42.6. The normalized spacial score (nSPS) is 12.9. The van der Waals surface area contributed by atoms with Gasteiger partial charge in [0.1, 0.15) is 13.2 Å². The van der Waals surface area contributed by atoms with Gasteiger partial charge in [-0.2, -0.15) is 0 Å². The standard InChI is InChI=1S/C78H145NO8/c1-6-8-10-12-14-16-18-20-22-24-26-28-30-32-34-36-38-40-42-44-46-48-50-52-54-56-58-60-62-64-66-68-75(80)85-72-74(73-86-78(77(82)83)84-71-70-79(3,4)5)87-76(81)69-67-65-63-61-59-57-55-53-51-49-47-45-43-41-39-37-35-33-31-29-27-25-23-21-19-17-15-13-11-9-7-2/h19,21,24-27,31,33,74,78H,6-18,20,22-23,28-30,32,34-73H2,1-5H3/p+1/b21-19-,26-24-,27-25-,33-31-. The summed E-state index contributed by atoms with van der Waals surface area (Å²) in [5.74, 6) is -1.98. The molecule has 0 spiro atoms. The predicted molar refractivity (Wildman–Crippen MR) is 374 cm³/mol. The summed E-state index contributed by atoms with van der Waals surface area (Å²) in [4.78, 5) is 37.7. The van der Waals surface area contributed by atoms with E-state index in [1.54, 1.807) is 0 Å². The zero-order valence-corrected chi connectivity index (χ0v) is 58.5. The molecule has 0 aromatic carbocycles. The van der Waals surface area contributed by atoms with Crippen LogP contribution in [0.4, 0.5) is 0 Å². The Balaban J connectivity index is 4.03. The summed E-state index contributed by atoms with van der Waals surface area (Å²) in [6.07, 6.45) is 86.7. The average molecular weight is 1230 g/mol. The minimum absolute atomic E-state index is 0.178. The van der Waals surface area contributed by atoms with Crippen molar-refractivity contribution >= 4 is 17.9 Å². The molecular formula is C78H146NO8+. The Labute approximate surface area is 540 Å². The number of hydrogen-bond acceptors (Lipinski definition) is 7. The Kier molecular flexibility index (Phi) is 67.0. The van der Waals surface area contributed by atoms with E-state index in [0.29, 0.717) is 17.4 Å². The van der Waals surface area contributed by atoms with Crippen molar-refractivity contribution in [2.45, 2.75) is 386 Å². The highest BCUT2D eigenvalue weighted by Gasteiger charge is 2.25. The van der Waals surface area contributed by atoms with Gasteiger partial charge in [0.15, 0.2) is 6.10 Å². The number of hydrogen-bond donors (Lipinski definition) is 1. The molecule has 0 heterocycles. The van der Waals surface area contributed by atoms with Gasteiger partial charge in [0.05, 0.1) is 34.4 Å². The van der Waals surface area contributed by atoms with E-state index in [1.165, 1.54) is 295 Å². The molecule has 0 fully saturated rings. The van der Waals surface area contributed by atoms with Crippen LogP contribution in [-0.4, -0.2) is 87.4 Å². The molecule has 2 unspecified atom stereocenters. The molecule has 87 heavy (non-hydrogen) atoms. The number of carboxylic acid groups (broad SMARTS) is 1. The first-order valence-corrected chi connectivity index (χ1v) is 37.8. The summed E-state index contributed by atoms with van der Waals surface area (Å²) in [6, 6.07) is 0. The summed E-state index contributed by atoms with van der Waals surface area (Å²) >= 11 is 0. The molecule has 0 aliphatic carbocycles. The van der Waals surface area contributed by atoms with E-state index in [1.807, 2.05) is 21.1 Å². The van der Waals surface area contributed by atoms with E-state index in [4.69, 9.17) is 18.9 Å². The third-order valence-corrected chi connectivity index (χ3v) is 17.1. The Morgan fingerprint density at radius 2 is 0.621 bits per heavy atom. The van der Waals surface area contributed by atoms with Crippen molar-refractivity contribution in [3.8, 4) is 0 Å². The maximum Gasteiger partial charge on any atom is 0.361 e. The molecule has 0 aliphatic rings. The predicted octanol–water partition coefficient (Wildman–Crippen LogP) is 23.7. The van der Waals surface area contributed by atoms with Gasteiger partial charge < -0.3 is 28.5 Å². The van der Waals surface area contributed by atoms with E-state index in [0.717, 1.165) is 51.4 Å². The molecule has 0 bridgehead atoms. The summed E-state index contributed by atoms with van der Waals surface area (Å²) in [5, 5.41) is 9.76. The molecule has 0 aliphatic heterocycles. The molecule has 0 rings (SSSR count). The first-order valence-electron chi connectivity index (χ1n) is 37.8. The lowest BCUT2D eigenvalue weighted by atomic mass is 10.0. The second-order valence-electron chi connectivity index (χ2n) is 27.0. The minimum Gasteiger partial charge on any atom is -0.477 e. The summed E-state index contributed by atoms with van der Waals surface area (Å²) < 4.78 is 23.0. The van der Waals surface area contributed by atoms with Gasteiger partial charge in [0, 0.05) is 12.8 Å². The van der Waals surface area contributed by atoms with Gasteiger partial charge in [-0.25, -0.2) is 4.79 Å². The highest BCUT2D eigenvalue weighted by Crippen LogP contribution is 2.19. The number of carbonyl (C=O) groups is 3. The van der Waals surface area contributed by atoms with Crippen LogP contribution in [0.1, 0.15) is 373 Å². The van der Waals surface area contributed by atoms with Crippen LogP contribution in [0.3, 0.4) is 0 Å². The van der Waals surface area contributed by atoms with Gasteiger partial charge in [-0.1, -0.05) is 332 Å². The molecule has 0 aromatic rings. The number of rotatable bonds is 71. The fourth-order valence-corrected chi connectivity index (χ4v) is 11.3. The Morgan fingerprint density at radius 3 is 0.931 bits per heavy atom. The van der Waals surface area contributed by atoms with Gasteiger partial charge in [-0.3, -0.25) is 9.59 Å². The number of esters is 2. The van der Waals surface area contributed by atoms with Crippen molar-refractivity contribution in [1.29, 1.82) is 0 Å². The van der Waals surface area contributed by atoms with Gasteiger partial charge in [-0.15, -0.1) is 0 Å². The van der Waals surface area contributed by atoms with Crippen molar-refractivity contribution in [1.82, 2.24) is 0 Å². The van der Waals surface area contributed by atoms with Crippen molar-refractivity contribution in [3.63, 3.8) is 0 Å². The van der Waals surface area contributed by atoms with E-state index in [2.05, 4.69) is 62.5 Å². The third kappa shape index (κ3) is 70.6. The molecular weight excluding hydrogens is 1080 g/mol. The van der Waals surface area contributed by atoms with Crippen molar-refractivity contribution < 1.29 is 42.9 Å². The monoisotopic (exact) mass is 1230 g/mol. The van der Waals surface area contributed by atoms with Gasteiger partial charge >= 0.3 is 17.9 Å². The molecule has 0 saturated carbocycles. The smallest absolute Gasteiger partial charge is 0.361 e. The largest absolute Gasteiger partial charge is 0.477 e. The van der Waals surface area contributed by atoms with Gasteiger partial charge in [0.2, 0.25) is 0 Å². The number of nitrogens with zero attached hydrogens (tertiary/aromatic N) is 1. The van der Waals surface area contributed by atoms with Crippen LogP contribution >= 0.6 is 0 Å². The number of likely N-dealkylation sites (N-methyl/N-ethyl adjacent to an activating group) is 1. The third-order valence-electron chi connectivity index (χ3n) is 17.1. The van der Waals surface area contributed by atoms with Gasteiger partial charge in [-0.05, 0) is 77.0 Å². The fourth-order valence-electron chi connectivity index (χ4n) is 11.3. The van der Waals surface area contributed by atoms with E-state index in [-0.39, 0.29) is 38.2 Å². The highest BCUT2D eigenvalue weighted by molar-refractivity contribution is 5.71. The van der Waals surface area contributed by atoms with Crippen LogP contribution in [0, 0.1) is 0 Å². The Bertz CT molecular complexity index is 1570. The Morgan fingerprint density at radius 1 is 0.345 bits per heavy atom. The molecule has 2 atom stereocenters. The number of carboxylic acids is 1. The quantitative estimate of drug-likeness (QED) is 0.0211. The zero-order chi connectivity index (χ0) is 63.3. The fraction of sp³-hybridized carbons (Fsp3) is 0.859. The SMILES string of the molecule is CCCCCCC/C=C\C/C=C\C/C=C\CCCCCCCCCCCCCCCCCCC(=O)OC(COC(=O)CCCCCCCCCCCCCCCCCCCCC/C=C\CCCCCCCCCC)COC(OCC[N+](C)(C)C)C(=O)O. The second kappa shape index (κ2) is 69.1. The van der Waals surface area contributed by atoms with E-state index >= 15 is 0 Å². The minimum atomic E-state index is -1.51. The van der Waals surface area contributed by atoms with Crippen LogP contribution in [0.2, 0.25) is 0 Å². The molecule has 0 aromatic heterocycles. The van der Waals surface area contributed by atoms with Crippen LogP contribution in [0.15, 0.2) is 48.6 Å².